The molecule has 3 atom stereocenters. The highest BCUT2D eigenvalue weighted by atomic mass is 19.2. The summed E-state index contributed by atoms with van der Waals surface area (Å²) in [5.74, 6) is -0.705. The molecule has 0 aromatic heterocycles. The molecule has 200 valence electrons. The number of methoxy groups -OCH3 is 2. The van der Waals surface area contributed by atoms with E-state index in [0.717, 1.165) is 30.5 Å². The number of benzene rings is 2. The van der Waals surface area contributed by atoms with Crippen LogP contribution in [0.4, 0.5) is 19.3 Å². The lowest BCUT2D eigenvalue weighted by atomic mass is 9.65. The summed E-state index contributed by atoms with van der Waals surface area (Å²) in [6.45, 7) is 3.53. The summed E-state index contributed by atoms with van der Waals surface area (Å²) in [6, 6.07) is 8.31. The van der Waals surface area contributed by atoms with Crippen LogP contribution in [-0.2, 0) is 10.2 Å². The van der Waals surface area contributed by atoms with E-state index in [9.17, 15) is 18.4 Å². The van der Waals surface area contributed by atoms with Gasteiger partial charge in [0.25, 0.3) is 0 Å². The van der Waals surface area contributed by atoms with E-state index >= 15 is 0 Å². The van der Waals surface area contributed by atoms with E-state index in [0.29, 0.717) is 37.4 Å². The van der Waals surface area contributed by atoms with Crippen molar-refractivity contribution >= 4 is 17.6 Å². The molecule has 3 amide bonds. The minimum Gasteiger partial charge on any atom is -0.493 e. The second kappa shape index (κ2) is 11.3. The maximum absolute atomic E-state index is 13.5. The van der Waals surface area contributed by atoms with Crippen molar-refractivity contribution in [1.82, 2.24) is 15.5 Å². The smallest absolute Gasteiger partial charge is 0.319 e. The molecule has 2 aromatic rings. The van der Waals surface area contributed by atoms with Crippen molar-refractivity contribution in [3.05, 3.63) is 53.6 Å². The molecule has 1 saturated carbocycles. The van der Waals surface area contributed by atoms with Crippen LogP contribution in [0.15, 0.2) is 36.4 Å². The lowest BCUT2D eigenvalue weighted by molar-refractivity contribution is -0.132. The average molecular weight is 517 g/mol. The molecule has 2 aromatic carbocycles. The number of anilines is 1. The molecule has 0 unspecified atom stereocenters. The van der Waals surface area contributed by atoms with Gasteiger partial charge in [-0.2, -0.15) is 0 Å². The molecule has 8 nitrogen and oxygen atoms in total. The minimum absolute atomic E-state index is 0.0288. The van der Waals surface area contributed by atoms with Gasteiger partial charge in [0.05, 0.1) is 20.8 Å². The van der Waals surface area contributed by atoms with Gasteiger partial charge in [0.2, 0.25) is 5.91 Å². The quantitative estimate of drug-likeness (QED) is 0.497. The molecular formula is C27H34F2N4O4. The van der Waals surface area contributed by atoms with Gasteiger partial charge in [-0.1, -0.05) is 13.0 Å². The molecule has 0 radical (unpaired) electrons. The summed E-state index contributed by atoms with van der Waals surface area (Å²) in [4.78, 5) is 27.7. The van der Waals surface area contributed by atoms with Gasteiger partial charge >= 0.3 is 6.03 Å². The molecular weight excluding hydrogens is 482 g/mol. The molecule has 0 spiro atoms. The summed E-state index contributed by atoms with van der Waals surface area (Å²) in [6.07, 6.45) is 2.83. The minimum atomic E-state index is -1.03. The van der Waals surface area contributed by atoms with E-state index < -0.39 is 17.7 Å². The Kier molecular flexibility index (Phi) is 8.16. The van der Waals surface area contributed by atoms with Crippen molar-refractivity contribution in [2.75, 3.05) is 39.2 Å². The van der Waals surface area contributed by atoms with Gasteiger partial charge in [0.1, 0.15) is 0 Å². The lowest BCUT2D eigenvalue weighted by Crippen LogP contribution is -2.55. The fourth-order valence-corrected chi connectivity index (χ4v) is 5.72. The van der Waals surface area contributed by atoms with Gasteiger partial charge in [-0.3, -0.25) is 4.79 Å². The molecule has 1 aliphatic carbocycles. The molecule has 2 aliphatic rings. The first-order valence-electron chi connectivity index (χ1n) is 12.6. The van der Waals surface area contributed by atoms with Crippen molar-refractivity contribution in [2.24, 2.45) is 0 Å². The molecule has 1 saturated heterocycles. The Morgan fingerprint density at radius 2 is 1.84 bits per heavy atom. The Bertz CT molecular complexity index is 1150. The summed E-state index contributed by atoms with van der Waals surface area (Å²) >= 11 is 0. The SMILES string of the molecule is CCNCC(=O)N1CC[C@]2(c3ccc(OC)c(OC)c3)CC[C@H](NC(=O)Nc3ccc(F)c(F)c3)C[C@@H]12. The molecule has 10 heteroatoms. The fraction of sp³-hybridized carbons (Fsp3) is 0.481. The van der Waals surface area contributed by atoms with Crippen LogP contribution < -0.4 is 25.4 Å². The predicted octanol–water partition coefficient (Wildman–Crippen LogP) is 3.80. The zero-order valence-electron chi connectivity index (χ0n) is 21.4. The molecule has 37 heavy (non-hydrogen) atoms. The number of carbonyl (C=O) groups is 2. The highest BCUT2D eigenvalue weighted by molar-refractivity contribution is 5.89. The Hall–Kier alpha value is -3.40. The van der Waals surface area contributed by atoms with Gasteiger partial charge in [-0.05, 0) is 62.1 Å². The number of urea groups is 1. The van der Waals surface area contributed by atoms with Gasteiger partial charge in [0.15, 0.2) is 23.1 Å². The highest BCUT2D eigenvalue weighted by Gasteiger charge is 2.53. The maximum Gasteiger partial charge on any atom is 0.319 e. The summed E-state index contributed by atoms with van der Waals surface area (Å²) in [5.41, 5.74) is 0.963. The van der Waals surface area contributed by atoms with Crippen LogP contribution >= 0.6 is 0 Å². The number of nitrogens with one attached hydrogen (secondary N) is 3. The zero-order valence-corrected chi connectivity index (χ0v) is 21.4. The van der Waals surface area contributed by atoms with Crippen molar-refractivity contribution in [1.29, 1.82) is 0 Å². The first-order chi connectivity index (χ1) is 17.8. The van der Waals surface area contributed by atoms with E-state index in [-0.39, 0.29) is 35.6 Å². The van der Waals surface area contributed by atoms with Crippen LogP contribution in [0.1, 0.15) is 38.2 Å². The Labute approximate surface area is 215 Å². The van der Waals surface area contributed by atoms with Crippen molar-refractivity contribution in [2.45, 2.75) is 50.1 Å². The van der Waals surface area contributed by atoms with Crippen molar-refractivity contribution in [3.63, 3.8) is 0 Å². The van der Waals surface area contributed by atoms with E-state index in [1.807, 2.05) is 30.0 Å². The normalized spacial score (nSPS) is 22.8. The van der Waals surface area contributed by atoms with Crippen LogP contribution in [0, 0.1) is 11.6 Å². The lowest BCUT2D eigenvalue weighted by Gasteiger charge is -2.45. The fourth-order valence-electron chi connectivity index (χ4n) is 5.72. The number of fused-ring (bicyclic) bond motifs is 1. The van der Waals surface area contributed by atoms with Gasteiger partial charge in [0, 0.05) is 35.8 Å². The number of nitrogens with zero attached hydrogens (tertiary/aromatic N) is 1. The number of ether oxygens (including phenoxy) is 2. The average Bonchev–Trinajstić information content (AvgIpc) is 3.29. The first kappa shape index (κ1) is 26.7. The van der Waals surface area contributed by atoms with Crippen molar-refractivity contribution in [3.8, 4) is 11.5 Å². The number of carbonyl (C=O) groups excluding carboxylic acids is 2. The highest BCUT2D eigenvalue weighted by Crippen LogP contribution is 2.50. The number of halogens is 2. The number of likely N-dealkylation sites (tertiary alicyclic amines) is 1. The van der Waals surface area contributed by atoms with Crippen LogP contribution in [0.2, 0.25) is 0 Å². The van der Waals surface area contributed by atoms with E-state index in [4.69, 9.17) is 9.47 Å². The molecule has 0 bridgehead atoms. The third-order valence-corrected chi connectivity index (χ3v) is 7.58. The Morgan fingerprint density at radius 1 is 1.05 bits per heavy atom. The van der Waals surface area contributed by atoms with Gasteiger partial charge in [-0.25, -0.2) is 13.6 Å². The molecule has 2 fully saturated rings. The molecule has 1 heterocycles. The maximum atomic E-state index is 13.5. The topological polar surface area (TPSA) is 91.9 Å². The van der Waals surface area contributed by atoms with Crippen LogP contribution in [0.3, 0.4) is 0 Å². The summed E-state index contributed by atoms with van der Waals surface area (Å²) in [5, 5.41) is 8.65. The largest absolute Gasteiger partial charge is 0.493 e. The predicted molar refractivity (Wildman–Crippen MR) is 136 cm³/mol. The second-order valence-electron chi connectivity index (χ2n) is 9.56. The third-order valence-electron chi connectivity index (χ3n) is 7.58. The zero-order chi connectivity index (χ0) is 26.6. The standard InChI is InChI=1S/C27H34F2N4O4/c1-4-30-16-25(34)33-12-11-27(17-5-8-22(36-2)23(13-17)37-3)10-9-19(15-24(27)33)32-26(35)31-18-6-7-20(28)21(29)14-18/h5-8,13-14,19,24,30H,4,9-12,15-16H2,1-3H3,(H2,31,32,35)/t19-,24+,27-/m0/s1. The van der Waals surface area contributed by atoms with Crippen molar-refractivity contribution < 1.29 is 27.8 Å². The third kappa shape index (κ3) is 5.49. The molecule has 1 aliphatic heterocycles. The van der Waals surface area contributed by atoms with Gasteiger partial charge < -0.3 is 30.3 Å². The molecule has 4 rings (SSSR count). The van der Waals surface area contributed by atoms with Gasteiger partial charge in [-0.15, -0.1) is 0 Å². The number of rotatable bonds is 8. The van der Waals surface area contributed by atoms with Crippen LogP contribution in [0.25, 0.3) is 0 Å². The number of likely N-dealkylation sites (N-methyl/N-ethyl adjacent to an activating group) is 1. The first-order valence-corrected chi connectivity index (χ1v) is 12.6. The summed E-state index contributed by atoms with van der Waals surface area (Å²) < 4.78 is 37.7. The summed E-state index contributed by atoms with van der Waals surface area (Å²) in [7, 11) is 3.20. The van der Waals surface area contributed by atoms with E-state index in [1.165, 1.54) is 6.07 Å². The van der Waals surface area contributed by atoms with E-state index in [1.54, 1.807) is 14.2 Å². The second-order valence-corrected chi connectivity index (χ2v) is 9.56. The van der Waals surface area contributed by atoms with Crippen LogP contribution in [0.5, 0.6) is 11.5 Å². The Morgan fingerprint density at radius 3 is 2.54 bits per heavy atom. The van der Waals surface area contributed by atoms with E-state index in [2.05, 4.69) is 16.0 Å². The van der Waals surface area contributed by atoms with Crippen LogP contribution in [-0.4, -0.2) is 62.8 Å². The Balaban J connectivity index is 1.55. The number of amides is 3. The molecule has 3 N–H and O–H groups in total. The number of hydrogen-bond donors (Lipinski definition) is 3. The monoisotopic (exact) mass is 516 g/mol. The number of hydrogen-bond acceptors (Lipinski definition) is 5.